The van der Waals surface area contributed by atoms with E-state index in [9.17, 15) is 9.59 Å². The van der Waals surface area contributed by atoms with Gasteiger partial charge in [-0.15, -0.1) is 17.8 Å². The van der Waals surface area contributed by atoms with E-state index in [0.29, 0.717) is 18.0 Å². The Morgan fingerprint density at radius 2 is 2.07 bits per heavy atom. The van der Waals surface area contributed by atoms with Crippen LogP contribution in [0.5, 0.6) is 5.75 Å². The van der Waals surface area contributed by atoms with E-state index in [1.54, 1.807) is 19.2 Å². The highest BCUT2D eigenvalue weighted by Gasteiger charge is 2.34. The van der Waals surface area contributed by atoms with Crippen molar-refractivity contribution in [2.75, 3.05) is 12.0 Å². The molecule has 1 unspecified atom stereocenters. The number of rotatable bonds is 7. The van der Waals surface area contributed by atoms with Gasteiger partial charge < -0.3 is 4.74 Å². The van der Waals surface area contributed by atoms with Crippen LogP contribution in [-0.4, -0.2) is 18.8 Å². The number of ether oxygens (including phenoxy) is 1. The maximum atomic E-state index is 13.4. The molecule has 1 aliphatic carbocycles. The first-order valence-electron chi connectivity index (χ1n) is 9.55. The Labute approximate surface area is 170 Å². The van der Waals surface area contributed by atoms with Crippen LogP contribution >= 0.6 is 11.3 Å². The van der Waals surface area contributed by atoms with Crippen molar-refractivity contribution in [1.82, 2.24) is 0 Å². The number of nitrogens with zero attached hydrogens (tertiary/aromatic N) is 1. The fourth-order valence-electron chi connectivity index (χ4n) is 3.95. The third kappa shape index (κ3) is 4.28. The Bertz CT molecular complexity index is 876. The molecule has 0 radical (unpaired) electrons. The minimum atomic E-state index is -0.697. The highest BCUT2D eigenvalue weighted by molar-refractivity contribution is 7.10. The van der Waals surface area contributed by atoms with E-state index < -0.39 is 11.9 Å². The van der Waals surface area contributed by atoms with Gasteiger partial charge >= 0.3 is 5.91 Å². The molecule has 146 valence electrons. The summed E-state index contributed by atoms with van der Waals surface area (Å²) in [6.45, 7) is 1.90. The van der Waals surface area contributed by atoms with Crippen LogP contribution in [-0.2, 0) is 9.59 Å². The molecule has 4 nitrogen and oxygen atoms in total. The number of hydrogen-bond acceptors (Lipinski definition) is 4. The van der Waals surface area contributed by atoms with E-state index in [4.69, 9.17) is 11.2 Å². The lowest BCUT2D eigenvalue weighted by Gasteiger charge is -2.30. The number of thiophene rings is 1. The van der Waals surface area contributed by atoms with Gasteiger partial charge in [0.1, 0.15) is 11.8 Å². The standard InChI is InChI=1S/C23H25NO3S/c1-4-22(26)24(18-11-12-20(27-3)16(2)14-18)23(21-10-7-13-28-21)19(25)15-17-8-5-6-9-17/h1,7,10-14,17,23H,5-6,8-9,15H2,2-3H3. The van der Waals surface area contributed by atoms with Gasteiger partial charge in [-0.3, -0.25) is 14.5 Å². The summed E-state index contributed by atoms with van der Waals surface area (Å²) in [7, 11) is 1.60. The number of aryl methyl sites for hydroxylation is 1. The molecule has 0 N–H and O–H groups in total. The number of benzene rings is 1. The first-order valence-corrected chi connectivity index (χ1v) is 10.4. The van der Waals surface area contributed by atoms with Crippen LogP contribution in [0, 0.1) is 25.2 Å². The van der Waals surface area contributed by atoms with Crippen LogP contribution in [0.4, 0.5) is 5.69 Å². The molecule has 1 aliphatic rings. The lowest BCUT2D eigenvalue weighted by Crippen LogP contribution is -2.38. The smallest absolute Gasteiger partial charge is 0.303 e. The predicted octanol–water partition coefficient (Wildman–Crippen LogP) is 4.92. The zero-order valence-electron chi connectivity index (χ0n) is 16.3. The third-order valence-electron chi connectivity index (χ3n) is 5.34. The van der Waals surface area contributed by atoms with Crippen molar-refractivity contribution in [3.63, 3.8) is 0 Å². The molecule has 1 heterocycles. The molecule has 0 bridgehead atoms. The van der Waals surface area contributed by atoms with E-state index in [1.165, 1.54) is 29.1 Å². The molecule has 0 saturated heterocycles. The summed E-state index contributed by atoms with van der Waals surface area (Å²) in [6.07, 6.45) is 10.5. The van der Waals surface area contributed by atoms with Crippen LogP contribution in [0.3, 0.4) is 0 Å². The second kappa shape index (κ2) is 9.07. The summed E-state index contributed by atoms with van der Waals surface area (Å²) in [6, 6.07) is 8.52. The van der Waals surface area contributed by atoms with Crippen molar-refractivity contribution in [3.05, 3.63) is 46.2 Å². The quantitative estimate of drug-likeness (QED) is 0.625. The van der Waals surface area contributed by atoms with Crippen molar-refractivity contribution in [2.45, 2.75) is 45.1 Å². The Morgan fingerprint density at radius 1 is 1.32 bits per heavy atom. The Kier molecular flexibility index (Phi) is 6.53. The minimum Gasteiger partial charge on any atom is -0.496 e. The lowest BCUT2D eigenvalue weighted by atomic mass is 9.95. The van der Waals surface area contributed by atoms with Crippen molar-refractivity contribution >= 4 is 28.7 Å². The molecular weight excluding hydrogens is 370 g/mol. The largest absolute Gasteiger partial charge is 0.496 e. The first-order chi connectivity index (χ1) is 13.5. The highest BCUT2D eigenvalue weighted by atomic mass is 32.1. The Morgan fingerprint density at radius 3 is 2.64 bits per heavy atom. The molecule has 1 amide bonds. The number of carbonyl (C=O) groups is 2. The molecule has 28 heavy (non-hydrogen) atoms. The van der Waals surface area contributed by atoms with Crippen LogP contribution in [0.1, 0.15) is 48.6 Å². The van der Waals surface area contributed by atoms with Gasteiger partial charge in [0.25, 0.3) is 0 Å². The second-order valence-electron chi connectivity index (χ2n) is 7.21. The zero-order valence-corrected chi connectivity index (χ0v) is 17.1. The molecule has 3 rings (SSSR count). The van der Waals surface area contributed by atoms with Gasteiger partial charge in [-0.1, -0.05) is 31.7 Å². The van der Waals surface area contributed by atoms with Gasteiger partial charge in [-0.2, -0.15) is 0 Å². The Hall–Kier alpha value is -2.58. The highest BCUT2D eigenvalue weighted by Crippen LogP contribution is 2.36. The fourth-order valence-corrected chi connectivity index (χ4v) is 4.79. The molecule has 2 aromatic rings. The molecule has 1 saturated carbocycles. The zero-order chi connectivity index (χ0) is 20.1. The number of anilines is 1. The maximum Gasteiger partial charge on any atom is 0.303 e. The average molecular weight is 396 g/mol. The number of hydrogen-bond donors (Lipinski definition) is 0. The van der Waals surface area contributed by atoms with Crippen molar-refractivity contribution in [2.24, 2.45) is 5.92 Å². The van der Waals surface area contributed by atoms with E-state index in [-0.39, 0.29) is 5.78 Å². The van der Waals surface area contributed by atoms with E-state index >= 15 is 0 Å². The van der Waals surface area contributed by atoms with Gasteiger partial charge in [0, 0.05) is 17.0 Å². The average Bonchev–Trinajstić information content (AvgIpc) is 3.39. The lowest BCUT2D eigenvalue weighted by molar-refractivity contribution is -0.124. The van der Waals surface area contributed by atoms with Crippen LogP contribution < -0.4 is 9.64 Å². The maximum absolute atomic E-state index is 13.4. The number of carbonyl (C=O) groups excluding carboxylic acids is 2. The van der Waals surface area contributed by atoms with Gasteiger partial charge in [0.15, 0.2) is 5.78 Å². The van der Waals surface area contributed by atoms with Crippen molar-refractivity contribution in [1.29, 1.82) is 0 Å². The van der Waals surface area contributed by atoms with E-state index in [1.807, 2.05) is 30.5 Å². The van der Waals surface area contributed by atoms with Crippen molar-refractivity contribution in [3.8, 4) is 18.1 Å². The topological polar surface area (TPSA) is 46.6 Å². The summed E-state index contributed by atoms with van der Waals surface area (Å²) in [5.74, 6) is 2.87. The molecular formula is C23H25NO3S. The van der Waals surface area contributed by atoms with Gasteiger partial charge in [-0.25, -0.2) is 0 Å². The third-order valence-corrected chi connectivity index (χ3v) is 6.26. The van der Waals surface area contributed by atoms with Crippen molar-refractivity contribution < 1.29 is 14.3 Å². The SMILES string of the molecule is C#CC(=O)N(c1ccc(OC)c(C)c1)C(C(=O)CC1CCCC1)c1cccs1. The van der Waals surface area contributed by atoms with Crippen LogP contribution in [0.15, 0.2) is 35.7 Å². The van der Waals surface area contributed by atoms with Crippen LogP contribution in [0.25, 0.3) is 0 Å². The summed E-state index contributed by atoms with van der Waals surface area (Å²) in [5.41, 5.74) is 1.49. The molecule has 0 aliphatic heterocycles. The van der Waals surface area contributed by atoms with E-state index in [2.05, 4.69) is 5.92 Å². The Balaban J connectivity index is 2.02. The van der Waals surface area contributed by atoms with Gasteiger partial charge in [0.2, 0.25) is 0 Å². The summed E-state index contributed by atoms with van der Waals surface area (Å²) in [4.78, 5) is 28.4. The number of amides is 1. The monoisotopic (exact) mass is 395 g/mol. The minimum absolute atomic E-state index is 0.0476. The van der Waals surface area contributed by atoms with Crippen LogP contribution in [0.2, 0.25) is 0 Å². The van der Waals surface area contributed by atoms with Gasteiger partial charge in [-0.05, 0) is 54.0 Å². The molecule has 1 fully saturated rings. The summed E-state index contributed by atoms with van der Waals surface area (Å²) < 4.78 is 5.33. The number of methoxy groups -OCH3 is 1. The molecule has 1 aromatic heterocycles. The fraction of sp³-hybridized carbons (Fsp3) is 0.391. The number of terminal acetylenes is 1. The summed E-state index contributed by atoms with van der Waals surface area (Å²) >= 11 is 1.47. The predicted molar refractivity (Wildman–Crippen MR) is 113 cm³/mol. The summed E-state index contributed by atoms with van der Waals surface area (Å²) in [5, 5.41) is 1.92. The first kappa shape index (κ1) is 20.2. The number of Topliss-reactive ketones (excluding diaryl/α,β-unsaturated/α-hetero) is 1. The molecule has 1 aromatic carbocycles. The van der Waals surface area contributed by atoms with Gasteiger partial charge in [0.05, 0.1) is 7.11 Å². The second-order valence-corrected chi connectivity index (χ2v) is 8.19. The molecule has 1 atom stereocenters. The molecule has 5 heteroatoms. The molecule has 0 spiro atoms. The van der Waals surface area contributed by atoms with E-state index in [0.717, 1.165) is 29.0 Å². The number of ketones is 1. The normalized spacial score (nSPS) is 15.0.